The van der Waals surface area contributed by atoms with Crippen molar-refractivity contribution < 1.29 is 0 Å². The van der Waals surface area contributed by atoms with Crippen molar-refractivity contribution >= 4 is 0 Å². The van der Waals surface area contributed by atoms with Gasteiger partial charge in [-0.2, -0.15) is 4.80 Å². The zero-order chi connectivity index (χ0) is 14.4. The van der Waals surface area contributed by atoms with Crippen molar-refractivity contribution in [3.63, 3.8) is 0 Å². The van der Waals surface area contributed by atoms with Crippen LogP contribution in [0, 0.1) is 17.8 Å². The number of nitrogens with one attached hydrogen (secondary N) is 1. The van der Waals surface area contributed by atoms with Gasteiger partial charge >= 0.3 is 0 Å². The van der Waals surface area contributed by atoms with E-state index in [1.807, 2.05) is 7.05 Å². The van der Waals surface area contributed by atoms with E-state index >= 15 is 0 Å². The van der Waals surface area contributed by atoms with Crippen molar-refractivity contribution in [3.8, 4) is 0 Å². The van der Waals surface area contributed by atoms with Gasteiger partial charge in [-0.15, -0.1) is 10.2 Å². The van der Waals surface area contributed by atoms with Gasteiger partial charge in [0.2, 0.25) is 0 Å². The first kappa shape index (κ1) is 15.4. The number of tetrazole rings is 1. The molecule has 0 aliphatic heterocycles. The summed E-state index contributed by atoms with van der Waals surface area (Å²) in [6.45, 7) is 6.79. The van der Waals surface area contributed by atoms with Crippen molar-refractivity contribution in [2.75, 3.05) is 13.1 Å². The van der Waals surface area contributed by atoms with Crippen LogP contribution in [-0.2, 0) is 13.5 Å². The second-order valence-electron chi connectivity index (χ2n) is 6.61. The van der Waals surface area contributed by atoms with E-state index in [9.17, 15) is 0 Å². The fourth-order valence-electron chi connectivity index (χ4n) is 3.20. The predicted octanol–water partition coefficient (Wildman–Crippen LogP) is 2.19. The minimum atomic E-state index is 0.710. The molecule has 0 aromatic carbocycles. The fraction of sp³-hybridized carbons (Fsp3) is 0.933. The van der Waals surface area contributed by atoms with Crippen molar-refractivity contribution in [2.45, 2.75) is 52.4 Å². The van der Waals surface area contributed by atoms with Crippen LogP contribution < -0.4 is 5.32 Å². The Morgan fingerprint density at radius 2 is 1.95 bits per heavy atom. The molecule has 114 valence electrons. The maximum Gasteiger partial charge on any atom is 0.175 e. The van der Waals surface area contributed by atoms with Crippen LogP contribution in [0.1, 0.15) is 51.8 Å². The monoisotopic (exact) mass is 279 g/mol. The molecule has 1 aromatic heterocycles. The maximum atomic E-state index is 4.35. The molecule has 1 heterocycles. The molecular formula is C15H29N5. The van der Waals surface area contributed by atoms with Gasteiger partial charge in [-0.05, 0) is 48.9 Å². The first-order valence-electron chi connectivity index (χ1n) is 8.08. The van der Waals surface area contributed by atoms with Crippen LogP contribution >= 0.6 is 0 Å². The summed E-state index contributed by atoms with van der Waals surface area (Å²) >= 11 is 0. The van der Waals surface area contributed by atoms with Crippen LogP contribution in [0.4, 0.5) is 0 Å². The quantitative estimate of drug-likeness (QED) is 0.811. The Kier molecular flexibility index (Phi) is 5.95. The van der Waals surface area contributed by atoms with E-state index in [4.69, 9.17) is 0 Å². The molecule has 2 atom stereocenters. The van der Waals surface area contributed by atoms with Crippen LogP contribution in [0.25, 0.3) is 0 Å². The molecule has 1 saturated carbocycles. The normalized spacial score (nSPS) is 24.0. The molecule has 1 aromatic rings. The van der Waals surface area contributed by atoms with Crippen LogP contribution in [-0.4, -0.2) is 33.3 Å². The summed E-state index contributed by atoms with van der Waals surface area (Å²) in [7, 11) is 1.84. The van der Waals surface area contributed by atoms with Crippen LogP contribution in [0.15, 0.2) is 0 Å². The van der Waals surface area contributed by atoms with Gasteiger partial charge in [0.15, 0.2) is 5.82 Å². The lowest BCUT2D eigenvalue weighted by Crippen LogP contribution is -2.31. The molecule has 1 aliphatic rings. The largest absolute Gasteiger partial charge is 0.316 e. The zero-order valence-electron chi connectivity index (χ0n) is 13.2. The van der Waals surface area contributed by atoms with Crippen molar-refractivity contribution in [1.29, 1.82) is 0 Å². The lowest BCUT2D eigenvalue weighted by atomic mass is 9.85. The Morgan fingerprint density at radius 1 is 1.20 bits per heavy atom. The van der Waals surface area contributed by atoms with E-state index in [0.717, 1.165) is 37.2 Å². The average molecular weight is 279 g/mol. The standard InChI is InChI=1S/C15H29N5/c1-12(2)10-16-11-14-8-6-4-5-7-13(14)9-15-17-19-20(3)18-15/h12-14,16H,4-11H2,1-3H3. The average Bonchev–Trinajstić information content (AvgIpc) is 2.67. The number of aromatic nitrogens is 4. The van der Waals surface area contributed by atoms with Crippen molar-refractivity contribution in [1.82, 2.24) is 25.5 Å². The smallest absolute Gasteiger partial charge is 0.175 e. The maximum absolute atomic E-state index is 4.35. The molecule has 1 fully saturated rings. The van der Waals surface area contributed by atoms with E-state index in [2.05, 4.69) is 34.6 Å². The summed E-state index contributed by atoms with van der Waals surface area (Å²) in [5.41, 5.74) is 0. The first-order chi connectivity index (χ1) is 9.65. The summed E-state index contributed by atoms with van der Waals surface area (Å²) in [6.07, 6.45) is 7.75. The van der Waals surface area contributed by atoms with E-state index in [1.165, 1.54) is 32.1 Å². The van der Waals surface area contributed by atoms with Crippen LogP contribution in [0.5, 0.6) is 0 Å². The molecule has 20 heavy (non-hydrogen) atoms. The van der Waals surface area contributed by atoms with Gasteiger partial charge in [0.05, 0.1) is 7.05 Å². The second kappa shape index (κ2) is 7.72. The zero-order valence-corrected chi connectivity index (χ0v) is 13.2. The molecular weight excluding hydrogens is 250 g/mol. The number of hydrogen-bond acceptors (Lipinski definition) is 4. The van der Waals surface area contributed by atoms with Gasteiger partial charge < -0.3 is 5.32 Å². The third kappa shape index (κ3) is 4.85. The highest BCUT2D eigenvalue weighted by Crippen LogP contribution is 2.30. The number of hydrogen-bond donors (Lipinski definition) is 1. The summed E-state index contributed by atoms with van der Waals surface area (Å²) in [4.78, 5) is 1.57. The molecule has 5 nitrogen and oxygen atoms in total. The van der Waals surface area contributed by atoms with Gasteiger partial charge in [-0.3, -0.25) is 0 Å². The molecule has 2 unspecified atom stereocenters. The van der Waals surface area contributed by atoms with Gasteiger partial charge in [0, 0.05) is 6.42 Å². The SMILES string of the molecule is CC(C)CNCC1CCCCCC1Cc1nnn(C)n1. The van der Waals surface area contributed by atoms with Gasteiger partial charge in [-0.25, -0.2) is 0 Å². The lowest BCUT2D eigenvalue weighted by molar-refractivity contribution is 0.290. The van der Waals surface area contributed by atoms with E-state index < -0.39 is 0 Å². The minimum Gasteiger partial charge on any atom is -0.316 e. The molecule has 2 rings (SSSR count). The minimum absolute atomic E-state index is 0.710. The van der Waals surface area contributed by atoms with Crippen LogP contribution in [0.2, 0.25) is 0 Å². The Labute approximate surface area is 122 Å². The molecule has 0 saturated heterocycles. The topological polar surface area (TPSA) is 55.6 Å². The highest BCUT2D eigenvalue weighted by atomic mass is 15.6. The molecule has 0 amide bonds. The molecule has 0 bridgehead atoms. The molecule has 0 spiro atoms. The summed E-state index contributed by atoms with van der Waals surface area (Å²) in [6, 6.07) is 0. The summed E-state index contributed by atoms with van der Waals surface area (Å²) < 4.78 is 0. The van der Waals surface area contributed by atoms with E-state index in [-0.39, 0.29) is 0 Å². The fourth-order valence-corrected chi connectivity index (χ4v) is 3.20. The Morgan fingerprint density at radius 3 is 2.60 bits per heavy atom. The number of nitrogens with zero attached hydrogens (tertiary/aromatic N) is 4. The van der Waals surface area contributed by atoms with Crippen molar-refractivity contribution in [3.05, 3.63) is 5.82 Å². The van der Waals surface area contributed by atoms with Gasteiger partial charge in [-0.1, -0.05) is 33.1 Å². The van der Waals surface area contributed by atoms with Crippen LogP contribution in [0.3, 0.4) is 0 Å². The Balaban J connectivity index is 1.90. The third-order valence-corrected chi connectivity index (χ3v) is 4.27. The number of rotatable bonds is 6. The lowest BCUT2D eigenvalue weighted by Gasteiger charge is -2.25. The molecule has 1 aliphatic carbocycles. The third-order valence-electron chi connectivity index (χ3n) is 4.27. The Hall–Kier alpha value is -0.970. The molecule has 5 heteroatoms. The summed E-state index contributed by atoms with van der Waals surface area (Å²) in [5, 5.41) is 16.1. The van der Waals surface area contributed by atoms with Gasteiger partial charge in [0.1, 0.15) is 0 Å². The van der Waals surface area contributed by atoms with E-state index in [1.54, 1.807) is 4.80 Å². The number of aryl methyl sites for hydroxylation is 1. The highest BCUT2D eigenvalue weighted by Gasteiger charge is 2.25. The second-order valence-corrected chi connectivity index (χ2v) is 6.61. The molecule has 0 radical (unpaired) electrons. The Bertz CT molecular complexity index is 387. The van der Waals surface area contributed by atoms with E-state index in [0.29, 0.717) is 5.92 Å². The summed E-state index contributed by atoms with van der Waals surface area (Å²) in [5.74, 6) is 3.11. The van der Waals surface area contributed by atoms with Crippen molar-refractivity contribution in [2.24, 2.45) is 24.8 Å². The first-order valence-corrected chi connectivity index (χ1v) is 8.08. The van der Waals surface area contributed by atoms with Gasteiger partial charge in [0.25, 0.3) is 0 Å². The molecule has 1 N–H and O–H groups in total. The highest BCUT2D eigenvalue weighted by molar-refractivity contribution is 4.86. The predicted molar refractivity (Wildman–Crippen MR) is 80.3 cm³/mol.